The summed E-state index contributed by atoms with van der Waals surface area (Å²) in [7, 11) is 3.24. The number of nitrogens with one attached hydrogen (secondary N) is 1. The van der Waals surface area contributed by atoms with E-state index < -0.39 is 6.04 Å². The van der Waals surface area contributed by atoms with Crippen molar-refractivity contribution in [2.45, 2.75) is 51.7 Å². The van der Waals surface area contributed by atoms with Crippen molar-refractivity contribution in [2.24, 2.45) is 5.92 Å². The van der Waals surface area contributed by atoms with E-state index in [9.17, 15) is 9.59 Å². The van der Waals surface area contributed by atoms with Crippen molar-refractivity contribution in [3.05, 3.63) is 58.7 Å². The molecule has 0 radical (unpaired) electrons. The van der Waals surface area contributed by atoms with Crippen molar-refractivity contribution < 1.29 is 19.1 Å². The highest BCUT2D eigenvalue weighted by atomic mass is 16.5. The summed E-state index contributed by atoms with van der Waals surface area (Å²) in [5, 5.41) is 3.23. The summed E-state index contributed by atoms with van der Waals surface area (Å²) < 4.78 is 10.9. The third-order valence-corrected chi connectivity index (χ3v) is 6.68. The molecule has 0 aromatic heterocycles. The molecule has 0 saturated carbocycles. The van der Waals surface area contributed by atoms with Crippen molar-refractivity contribution >= 4 is 11.8 Å². The molecule has 0 unspecified atom stereocenters. The first-order valence-electron chi connectivity index (χ1n) is 10.9. The van der Waals surface area contributed by atoms with Crippen molar-refractivity contribution in [3.63, 3.8) is 0 Å². The second kappa shape index (κ2) is 8.61. The van der Waals surface area contributed by atoms with E-state index in [4.69, 9.17) is 9.47 Å². The molecule has 31 heavy (non-hydrogen) atoms. The molecular formula is C25H30N2O4. The van der Waals surface area contributed by atoms with E-state index in [0.717, 1.165) is 36.0 Å². The molecule has 1 aliphatic carbocycles. The van der Waals surface area contributed by atoms with Crippen LogP contribution in [0, 0.1) is 5.92 Å². The second-order valence-corrected chi connectivity index (χ2v) is 8.43. The van der Waals surface area contributed by atoms with Gasteiger partial charge in [-0.15, -0.1) is 0 Å². The molecule has 0 spiro atoms. The predicted molar refractivity (Wildman–Crippen MR) is 118 cm³/mol. The molecule has 1 aliphatic heterocycles. The Balaban J connectivity index is 1.58. The third kappa shape index (κ3) is 3.75. The zero-order valence-electron chi connectivity index (χ0n) is 18.6. The zero-order chi connectivity index (χ0) is 22.1. The number of hydrogen-bond acceptors (Lipinski definition) is 4. The standard InChI is InChI=1S/C25H30N2O4/c1-5-15(2)23(27-14-17-8-6-7-9-18(17)25(27)29)24(28)26-20-11-10-16-12-21(30-3)22(31-4)13-19(16)20/h6-9,12-13,15,20,23H,5,10-11,14H2,1-4H3,(H,26,28)/t15-,20+,23+/m0/s1. The Morgan fingerprint density at radius 3 is 2.55 bits per heavy atom. The summed E-state index contributed by atoms with van der Waals surface area (Å²) in [4.78, 5) is 28.3. The number of carbonyl (C=O) groups excluding carboxylic acids is 2. The van der Waals surface area contributed by atoms with Crippen LogP contribution in [-0.2, 0) is 17.8 Å². The second-order valence-electron chi connectivity index (χ2n) is 8.43. The Morgan fingerprint density at radius 1 is 1.16 bits per heavy atom. The van der Waals surface area contributed by atoms with Crippen LogP contribution in [0.3, 0.4) is 0 Å². The monoisotopic (exact) mass is 422 g/mol. The lowest BCUT2D eigenvalue weighted by atomic mass is 9.96. The predicted octanol–water partition coefficient (Wildman–Crippen LogP) is 3.88. The molecule has 1 N–H and O–H groups in total. The Bertz CT molecular complexity index is 1000. The van der Waals surface area contributed by atoms with Gasteiger partial charge in [0.05, 0.1) is 20.3 Å². The normalized spacial score (nSPS) is 18.9. The summed E-state index contributed by atoms with van der Waals surface area (Å²) >= 11 is 0. The fourth-order valence-corrected chi connectivity index (χ4v) is 4.77. The van der Waals surface area contributed by atoms with E-state index in [2.05, 4.69) is 12.2 Å². The van der Waals surface area contributed by atoms with Gasteiger partial charge in [0.1, 0.15) is 6.04 Å². The van der Waals surface area contributed by atoms with Crippen LogP contribution in [0.15, 0.2) is 36.4 Å². The maximum atomic E-state index is 13.5. The number of carbonyl (C=O) groups is 2. The van der Waals surface area contributed by atoms with Crippen LogP contribution in [0.1, 0.15) is 59.8 Å². The molecule has 6 heteroatoms. The molecule has 2 amide bonds. The molecular weight excluding hydrogens is 392 g/mol. The van der Waals surface area contributed by atoms with Crippen LogP contribution in [0.2, 0.25) is 0 Å². The number of amides is 2. The molecule has 2 aromatic carbocycles. The minimum atomic E-state index is -0.505. The first-order valence-corrected chi connectivity index (χ1v) is 10.9. The molecule has 1 heterocycles. The number of benzene rings is 2. The molecule has 0 bridgehead atoms. The van der Waals surface area contributed by atoms with Gasteiger partial charge in [0, 0.05) is 12.1 Å². The van der Waals surface area contributed by atoms with Crippen LogP contribution in [0.5, 0.6) is 11.5 Å². The van der Waals surface area contributed by atoms with Gasteiger partial charge in [0.2, 0.25) is 5.91 Å². The molecule has 0 fully saturated rings. The Hall–Kier alpha value is -3.02. The lowest BCUT2D eigenvalue weighted by Crippen LogP contribution is -2.51. The topological polar surface area (TPSA) is 67.9 Å². The summed E-state index contributed by atoms with van der Waals surface area (Å²) in [5.74, 6) is 1.25. The highest BCUT2D eigenvalue weighted by Crippen LogP contribution is 2.39. The zero-order valence-corrected chi connectivity index (χ0v) is 18.6. The highest BCUT2D eigenvalue weighted by molar-refractivity contribution is 6.01. The van der Waals surface area contributed by atoms with Gasteiger partial charge in [-0.25, -0.2) is 0 Å². The first kappa shape index (κ1) is 21.2. The van der Waals surface area contributed by atoms with Gasteiger partial charge < -0.3 is 19.7 Å². The van der Waals surface area contributed by atoms with Crippen molar-refractivity contribution in [1.82, 2.24) is 10.2 Å². The third-order valence-electron chi connectivity index (χ3n) is 6.68. The van der Waals surface area contributed by atoms with Crippen LogP contribution in [0.25, 0.3) is 0 Å². The minimum Gasteiger partial charge on any atom is -0.493 e. The van der Waals surface area contributed by atoms with Gasteiger partial charge in [0.25, 0.3) is 5.91 Å². The molecule has 164 valence electrons. The number of fused-ring (bicyclic) bond motifs is 2. The maximum Gasteiger partial charge on any atom is 0.255 e. The average molecular weight is 423 g/mol. The summed E-state index contributed by atoms with van der Waals surface area (Å²) in [6.07, 6.45) is 2.49. The lowest BCUT2D eigenvalue weighted by molar-refractivity contribution is -0.128. The van der Waals surface area contributed by atoms with Crippen LogP contribution < -0.4 is 14.8 Å². The van der Waals surface area contributed by atoms with Gasteiger partial charge in [-0.05, 0) is 53.6 Å². The number of rotatable bonds is 7. The summed E-state index contributed by atoms with van der Waals surface area (Å²) in [6, 6.07) is 11.0. The maximum absolute atomic E-state index is 13.5. The van der Waals surface area contributed by atoms with E-state index in [1.165, 1.54) is 0 Å². The highest BCUT2D eigenvalue weighted by Gasteiger charge is 2.40. The van der Waals surface area contributed by atoms with Crippen LogP contribution in [0.4, 0.5) is 0 Å². The molecule has 3 atom stereocenters. The fourth-order valence-electron chi connectivity index (χ4n) is 4.77. The molecule has 6 nitrogen and oxygen atoms in total. The van der Waals surface area contributed by atoms with E-state index in [-0.39, 0.29) is 23.8 Å². The molecule has 4 rings (SSSR count). The van der Waals surface area contributed by atoms with Crippen molar-refractivity contribution in [2.75, 3.05) is 14.2 Å². The SMILES string of the molecule is CC[C@H](C)[C@H](C(=O)N[C@@H]1CCc2cc(OC)c(OC)cc21)N1Cc2ccccc2C1=O. The number of ether oxygens (including phenoxy) is 2. The number of aryl methyl sites for hydroxylation is 1. The first-order chi connectivity index (χ1) is 15.0. The fraction of sp³-hybridized carbons (Fsp3) is 0.440. The van der Waals surface area contributed by atoms with E-state index >= 15 is 0 Å². The number of nitrogens with zero attached hydrogens (tertiary/aromatic N) is 1. The van der Waals surface area contributed by atoms with Crippen molar-refractivity contribution in [1.29, 1.82) is 0 Å². The van der Waals surface area contributed by atoms with Gasteiger partial charge >= 0.3 is 0 Å². The van der Waals surface area contributed by atoms with E-state index in [0.29, 0.717) is 23.6 Å². The van der Waals surface area contributed by atoms with Gasteiger partial charge in [-0.3, -0.25) is 9.59 Å². The number of hydrogen-bond donors (Lipinski definition) is 1. The van der Waals surface area contributed by atoms with Gasteiger partial charge in [0.15, 0.2) is 11.5 Å². The largest absolute Gasteiger partial charge is 0.493 e. The molecule has 0 saturated heterocycles. The van der Waals surface area contributed by atoms with Gasteiger partial charge in [-0.1, -0.05) is 38.5 Å². The quantitative estimate of drug-likeness (QED) is 0.735. The smallest absolute Gasteiger partial charge is 0.255 e. The van der Waals surface area contributed by atoms with Crippen LogP contribution in [-0.4, -0.2) is 37.0 Å². The van der Waals surface area contributed by atoms with Gasteiger partial charge in [-0.2, -0.15) is 0 Å². The Morgan fingerprint density at radius 2 is 1.87 bits per heavy atom. The van der Waals surface area contributed by atoms with E-state index in [1.807, 2.05) is 43.3 Å². The average Bonchev–Trinajstić information content (AvgIpc) is 3.33. The minimum absolute atomic E-state index is 0.0459. The van der Waals surface area contributed by atoms with Crippen LogP contribution >= 0.6 is 0 Å². The summed E-state index contributed by atoms with van der Waals surface area (Å²) in [6.45, 7) is 4.57. The van der Waals surface area contributed by atoms with E-state index in [1.54, 1.807) is 19.1 Å². The summed E-state index contributed by atoms with van der Waals surface area (Å²) in [5.41, 5.74) is 3.90. The number of methoxy groups -OCH3 is 2. The molecule has 2 aliphatic rings. The van der Waals surface area contributed by atoms with Crippen molar-refractivity contribution in [3.8, 4) is 11.5 Å². The molecule has 2 aromatic rings. The Kier molecular flexibility index (Phi) is 5.90. The Labute approximate surface area is 183 Å². The lowest BCUT2D eigenvalue weighted by Gasteiger charge is -2.32.